The third-order valence-corrected chi connectivity index (χ3v) is 4.47. The Bertz CT molecular complexity index is 863. The standard InChI is InChI=1S/C21H24FNO4/c1-12(2)26-17-8-6-13(9-16(17)22)14-5-7-15-18(10-14)25-11-21(3,4)19(15)27-20(23)24/h5-10,12,19H,11H2,1-4H3,(H2,23,24). The minimum absolute atomic E-state index is 0.104. The van der Waals surface area contributed by atoms with Gasteiger partial charge < -0.3 is 19.9 Å². The zero-order chi connectivity index (χ0) is 19.8. The zero-order valence-electron chi connectivity index (χ0n) is 15.9. The minimum atomic E-state index is -0.826. The molecule has 0 radical (unpaired) electrons. The Labute approximate surface area is 158 Å². The van der Waals surface area contributed by atoms with E-state index in [2.05, 4.69) is 0 Å². The minimum Gasteiger partial charge on any atom is -0.492 e. The summed E-state index contributed by atoms with van der Waals surface area (Å²) in [6, 6.07) is 10.3. The van der Waals surface area contributed by atoms with Crippen molar-refractivity contribution in [1.82, 2.24) is 0 Å². The highest BCUT2D eigenvalue weighted by Crippen LogP contribution is 2.46. The highest BCUT2D eigenvalue weighted by Gasteiger charge is 2.40. The SMILES string of the molecule is CC(C)Oc1ccc(-c2ccc3c(c2)OCC(C)(C)C3OC(N)=O)cc1F. The van der Waals surface area contributed by atoms with Crippen molar-refractivity contribution in [1.29, 1.82) is 0 Å². The summed E-state index contributed by atoms with van der Waals surface area (Å²) in [7, 11) is 0. The van der Waals surface area contributed by atoms with E-state index < -0.39 is 23.4 Å². The van der Waals surface area contributed by atoms with Crippen molar-refractivity contribution >= 4 is 6.09 Å². The van der Waals surface area contributed by atoms with Crippen LogP contribution in [0.25, 0.3) is 11.1 Å². The number of ether oxygens (including phenoxy) is 3. The molecule has 0 aliphatic carbocycles. The Morgan fingerprint density at radius 1 is 1.22 bits per heavy atom. The summed E-state index contributed by atoms with van der Waals surface area (Å²) in [5, 5.41) is 0. The van der Waals surface area contributed by atoms with Crippen molar-refractivity contribution in [3.8, 4) is 22.6 Å². The van der Waals surface area contributed by atoms with Gasteiger partial charge in [-0.3, -0.25) is 0 Å². The summed E-state index contributed by atoms with van der Waals surface area (Å²) in [4.78, 5) is 11.3. The normalized spacial score (nSPS) is 17.8. The van der Waals surface area contributed by atoms with Gasteiger partial charge in [0.05, 0.1) is 12.7 Å². The van der Waals surface area contributed by atoms with Gasteiger partial charge in [-0.1, -0.05) is 32.0 Å². The first-order chi connectivity index (χ1) is 12.7. The molecule has 1 amide bonds. The molecule has 1 atom stereocenters. The van der Waals surface area contributed by atoms with E-state index in [4.69, 9.17) is 19.9 Å². The van der Waals surface area contributed by atoms with Gasteiger partial charge in [-0.2, -0.15) is 0 Å². The second-order valence-corrected chi connectivity index (χ2v) is 7.66. The molecule has 1 aliphatic heterocycles. The molecule has 0 spiro atoms. The first-order valence-corrected chi connectivity index (χ1v) is 8.87. The largest absolute Gasteiger partial charge is 0.492 e. The molecule has 5 nitrogen and oxygen atoms in total. The van der Waals surface area contributed by atoms with Crippen molar-refractivity contribution in [3.05, 3.63) is 47.8 Å². The van der Waals surface area contributed by atoms with E-state index in [9.17, 15) is 9.18 Å². The van der Waals surface area contributed by atoms with Crippen LogP contribution in [0.4, 0.5) is 9.18 Å². The maximum atomic E-state index is 14.3. The predicted molar refractivity (Wildman–Crippen MR) is 100 cm³/mol. The summed E-state index contributed by atoms with van der Waals surface area (Å²) in [5.41, 5.74) is 7.06. The molecule has 1 aliphatic rings. The number of carbonyl (C=O) groups is 1. The third kappa shape index (κ3) is 3.99. The fraction of sp³-hybridized carbons (Fsp3) is 0.381. The van der Waals surface area contributed by atoms with E-state index in [0.29, 0.717) is 17.9 Å². The molecule has 2 N–H and O–H groups in total. The second-order valence-electron chi connectivity index (χ2n) is 7.66. The van der Waals surface area contributed by atoms with Crippen LogP contribution in [0.2, 0.25) is 0 Å². The van der Waals surface area contributed by atoms with E-state index in [1.807, 2.05) is 45.9 Å². The monoisotopic (exact) mass is 373 g/mol. The van der Waals surface area contributed by atoms with E-state index in [0.717, 1.165) is 11.1 Å². The Balaban J connectivity index is 1.95. The molecule has 2 aromatic carbocycles. The van der Waals surface area contributed by atoms with Gasteiger partial charge in [0.1, 0.15) is 11.9 Å². The molecule has 0 fully saturated rings. The van der Waals surface area contributed by atoms with Gasteiger partial charge >= 0.3 is 6.09 Å². The summed E-state index contributed by atoms with van der Waals surface area (Å²) in [6.07, 6.45) is -1.44. The van der Waals surface area contributed by atoms with Crippen molar-refractivity contribution < 1.29 is 23.4 Å². The lowest BCUT2D eigenvalue weighted by Gasteiger charge is -2.38. The van der Waals surface area contributed by atoms with Crippen LogP contribution in [0.15, 0.2) is 36.4 Å². The quantitative estimate of drug-likeness (QED) is 0.833. The second kappa shape index (κ2) is 7.10. The summed E-state index contributed by atoms with van der Waals surface area (Å²) in [5.74, 6) is 0.400. The molecule has 0 saturated carbocycles. The van der Waals surface area contributed by atoms with Crippen LogP contribution in [-0.4, -0.2) is 18.8 Å². The van der Waals surface area contributed by atoms with Gasteiger partial charge in [-0.15, -0.1) is 0 Å². The Kier molecular flexibility index (Phi) is 5.00. The molecule has 3 rings (SSSR count). The first-order valence-electron chi connectivity index (χ1n) is 8.87. The lowest BCUT2D eigenvalue weighted by molar-refractivity contribution is -0.0176. The van der Waals surface area contributed by atoms with E-state index >= 15 is 0 Å². The molecule has 0 saturated heterocycles. The smallest absolute Gasteiger partial charge is 0.405 e. The molecule has 6 heteroatoms. The maximum absolute atomic E-state index is 14.3. The first kappa shape index (κ1) is 19.0. The highest BCUT2D eigenvalue weighted by molar-refractivity contribution is 5.68. The molecule has 0 aromatic heterocycles. The Hall–Kier alpha value is -2.76. The molecular weight excluding hydrogens is 349 g/mol. The van der Waals surface area contributed by atoms with Crippen molar-refractivity contribution in [2.45, 2.75) is 39.9 Å². The van der Waals surface area contributed by atoms with Crippen LogP contribution >= 0.6 is 0 Å². The summed E-state index contributed by atoms with van der Waals surface area (Å²) < 4.78 is 31.0. The number of hydrogen-bond donors (Lipinski definition) is 1. The van der Waals surface area contributed by atoms with E-state index in [1.165, 1.54) is 6.07 Å². The van der Waals surface area contributed by atoms with Gasteiger partial charge in [0, 0.05) is 11.0 Å². The molecule has 1 heterocycles. The van der Waals surface area contributed by atoms with Crippen molar-refractivity contribution in [2.75, 3.05) is 6.61 Å². The number of benzene rings is 2. The van der Waals surface area contributed by atoms with Crippen LogP contribution in [0.5, 0.6) is 11.5 Å². The molecule has 2 aromatic rings. The molecule has 0 bridgehead atoms. The number of nitrogens with two attached hydrogens (primary N) is 1. The van der Waals surface area contributed by atoms with Crippen LogP contribution in [0.1, 0.15) is 39.4 Å². The number of rotatable bonds is 4. The third-order valence-electron chi connectivity index (χ3n) is 4.47. The van der Waals surface area contributed by atoms with Crippen LogP contribution in [-0.2, 0) is 4.74 Å². The van der Waals surface area contributed by atoms with Gasteiger partial charge in [0.25, 0.3) is 0 Å². The van der Waals surface area contributed by atoms with Gasteiger partial charge in [0.2, 0.25) is 0 Å². The lowest BCUT2D eigenvalue weighted by Crippen LogP contribution is -2.37. The highest BCUT2D eigenvalue weighted by atomic mass is 19.1. The lowest BCUT2D eigenvalue weighted by atomic mass is 9.80. The predicted octanol–water partition coefficient (Wildman–Crippen LogP) is 4.83. The number of primary amides is 1. The average Bonchev–Trinajstić information content (AvgIpc) is 2.58. The van der Waals surface area contributed by atoms with Crippen LogP contribution < -0.4 is 15.2 Å². The van der Waals surface area contributed by atoms with E-state index in [-0.39, 0.29) is 11.9 Å². The molecule has 1 unspecified atom stereocenters. The number of halogens is 1. The molecular formula is C21H24FNO4. The number of carbonyl (C=O) groups excluding carboxylic acids is 1. The number of amides is 1. The topological polar surface area (TPSA) is 70.8 Å². The molecule has 27 heavy (non-hydrogen) atoms. The Morgan fingerprint density at radius 2 is 1.89 bits per heavy atom. The van der Waals surface area contributed by atoms with Crippen molar-refractivity contribution in [2.24, 2.45) is 11.1 Å². The summed E-state index contributed by atoms with van der Waals surface area (Å²) in [6.45, 7) is 7.96. The van der Waals surface area contributed by atoms with Crippen LogP contribution in [0.3, 0.4) is 0 Å². The zero-order valence-corrected chi connectivity index (χ0v) is 15.9. The number of hydrogen-bond acceptors (Lipinski definition) is 4. The van der Waals surface area contributed by atoms with Gasteiger partial charge in [0.15, 0.2) is 11.6 Å². The van der Waals surface area contributed by atoms with Gasteiger partial charge in [-0.05, 0) is 43.2 Å². The Morgan fingerprint density at radius 3 is 2.52 bits per heavy atom. The summed E-state index contributed by atoms with van der Waals surface area (Å²) >= 11 is 0. The average molecular weight is 373 g/mol. The van der Waals surface area contributed by atoms with E-state index in [1.54, 1.807) is 12.1 Å². The van der Waals surface area contributed by atoms with Crippen LogP contribution in [0, 0.1) is 11.2 Å². The molecule has 144 valence electrons. The van der Waals surface area contributed by atoms with Gasteiger partial charge in [-0.25, -0.2) is 9.18 Å². The fourth-order valence-corrected chi connectivity index (χ4v) is 3.19. The number of fused-ring (bicyclic) bond motifs is 1. The maximum Gasteiger partial charge on any atom is 0.405 e. The van der Waals surface area contributed by atoms with Crippen molar-refractivity contribution in [3.63, 3.8) is 0 Å². The fourth-order valence-electron chi connectivity index (χ4n) is 3.19.